The van der Waals surface area contributed by atoms with E-state index in [1.165, 1.54) is 0 Å². The molecule has 17 heteroatoms. The number of hydrogen-bond donors (Lipinski definition) is 10. The van der Waals surface area contributed by atoms with Gasteiger partial charge in [0.15, 0.2) is 11.9 Å². The maximum atomic E-state index is 10.2. The lowest BCUT2D eigenvalue weighted by atomic mass is 10.1. The number of Topliss-reactive ketones (excluding diaryl/α,β-unsaturated/α-hetero) is 1. The molecule has 0 fully saturated rings. The zero-order valence-corrected chi connectivity index (χ0v) is 19.2. The molecule has 0 spiro atoms. The number of carboxylic acid groups (broad SMARTS) is 4. The summed E-state index contributed by atoms with van der Waals surface area (Å²) in [7, 11) is 0. The quantitative estimate of drug-likeness (QED) is 0.0450. The molecule has 202 valence electrons. The van der Waals surface area contributed by atoms with Gasteiger partial charge in [-0.05, 0) is 25.7 Å². The summed E-state index contributed by atoms with van der Waals surface area (Å²) in [6.07, 6.45) is 1.39. The summed E-state index contributed by atoms with van der Waals surface area (Å²) in [6, 6.07) is -1.13. The molecule has 35 heavy (non-hydrogen) atoms. The van der Waals surface area contributed by atoms with Crippen molar-refractivity contribution in [2.75, 3.05) is 13.1 Å². The van der Waals surface area contributed by atoms with Gasteiger partial charge in [0.25, 0.3) is 0 Å². The van der Waals surface area contributed by atoms with Gasteiger partial charge in [-0.25, -0.2) is 4.79 Å². The zero-order chi connectivity index (χ0) is 28.0. The summed E-state index contributed by atoms with van der Waals surface area (Å²) in [4.78, 5) is 57.6. The Labute approximate surface area is 201 Å². The topological polar surface area (TPSA) is 347 Å². The monoisotopic (exact) mass is 508 g/mol. The first-order chi connectivity index (χ1) is 16.1. The Balaban J connectivity index is -0.000000443. The molecule has 0 rings (SSSR count). The summed E-state index contributed by atoms with van der Waals surface area (Å²) in [5.41, 5.74) is 31.0. The van der Waals surface area contributed by atoms with E-state index in [9.17, 15) is 24.0 Å². The molecule has 0 saturated carbocycles. The highest BCUT2D eigenvalue weighted by Crippen LogP contribution is 1.99. The van der Waals surface area contributed by atoms with Gasteiger partial charge in [0.1, 0.15) is 6.04 Å². The van der Waals surface area contributed by atoms with Crippen LogP contribution < -0.4 is 34.4 Å². The first kappa shape index (κ1) is 35.6. The van der Waals surface area contributed by atoms with Gasteiger partial charge in [-0.15, -0.1) is 0 Å². The fourth-order valence-electron chi connectivity index (χ4n) is 1.86. The van der Waals surface area contributed by atoms with E-state index >= 15 is 0 Å². The molecule has 0 aliphatic heterocycles. The zero-order valence-electron chi connectivity index (χ0n) is 19.2. The second kappa shape index (κ2) is 21.8. The number of hydrogen-bond acceptors (Lipinski definition) is 9. The third-order valence-corrected chi connectivity index (χ3v) is 3.55. The number of nitrogens with two attached hydrogens (primary N) is 6. The van der Waals surface area contributed by atoms with Crippen molar-refractivity contribution < 1.29 is 44.4 Å². The summed E-state index contributed by atoms with van der Waals surface area (Å²) >= 11 is 0. The third-order valence-electron chi connectivity index (χ3n) is 3.55. The van der Waals surface area contributed by atoms with E-state index in [-0.39, 0.29) is 24.4 Å². The minimum absolute atomic E-state index is 0.0121. The predicted octanol–water partition coefficient (Wildman–Crippen LogP) is -3.20. The number of aliphatic imine (C=N–C) groups is 2. The Morgan fingerprint density at radius 1 is 0.686 bits per heavy atom. The molecule has 0 saturated heterocycles. The molecule has 2 atom stereocenters. The van der Waals surface area contributed by atoms with Crippen LogP contribution in [0.2, 0.25) is 0 Å². The van der Waals surface area contributed by atoms with Gasteiger partial charge in [-0.2, -0.15) is 0 Å². The van der Waals surface area contributed by atoms with E-state index in [4.69, 9.17) is 54.8 Å². The van der Waals surface area contributed by atoms with Gasteiger partial charge >= 0.3 is 23.9 Å². The Hall–Kier alpha value is -3.99. The van der Waals surface area contributed by atoms with Gasteiger partial charge in [0.05, 0.1) is 12.8 Å². The van der Waals surface area contributed by atoms with E-state index < -0.39 is 48.5 Å². The molecule has 0 aliphatic carbocycles. The molecule has 0 aliphatic rings. The SMILES string of the molecule is NC(N)=NCCCC(N)C(=O)O.NC(N)=NCCCC(N)CC(=O)O.O=C(O)CCC(=O)C(=O)O. The van der Waals surface area contributed by atoms with Crippen molar-refractivity contribution in [2.24, 2.45) is 44.4 Å². The highest BCUT2D eigenvalue weighted by atomic mass is 16.4. The molecule has 0 amide bonds. The second-order valence-electron chi connectivity index (χ2n) is 6.82. The van der Waals surface area contributed by atoms with Crippen molar-refractivity contribution in [1.29, 1.82) is 0 Å². The van der Waals surface area contributed by atoms with Crippen molar-refractivity contribution in [1.82, 2.24) is 0 Å². The van der Waals surface area contributed by atoms with Crippen molar-refractivity contribution in [3.8, 4) is 0 Å². The number of ketones is 1. The van der Waals surface area contributed by atoms with Crippen LogP contribution in [-0.4, -0.2) is 87.2 Å². The molecular weight excluding hydrogens is 472 g/mol. The van der Waals surface area contributed by atoms with E-state index in [1.54, 1.807) is 0 Å². The smallest absolute Gasteiger partial charge is 0.372 e. The third kappa shape index (κ3) is 32.3. The lowest BCUT2D eigenvalue weighted by Crippen LogP contribution is -2.30. The second-order valence-corrected chi connectivity index (χ2v) is 6.82. The molecule has 16 N–H and O–H groups in total. The van der Waals surface area contributed by atoms with Crippen molar-refractivity contribution >= 4 is 41.6 Å². The molecule has 2 unspecified atom stereocenters. The van der Waals surface area contributed by atoms with Gasteiger partial charge in [0, 0.05) is 25.6 Å². The van der Waals surface area contributed by atoms with Crippen LogP contribution >= 0.6 is 0 Å². The van der Waals surface area contributed by atoms with Crippen molar-refractivity contribution in [3.63, 3.8) is 0 Å². The van der Waals surface area contributed by atoms with Gasteiger partial charge in [-0.1, -0.05) is 0 Å². The van der Waals surface area contributed by atoms with Gasteiger partial charge < -0.3 is 54.8 Å². The Kier molecular flexibility index (Phi) is 22.2. The molecule has 0 aromatic carbocycles. The van der Waals surface area contributed by atoms with Crippen LogP contribution in [0.15, 0.2) is 9.98 Å². The predicted molar refractivity (Wildman–Crippen MR) is 125 cm³/mol. The van der Waals surface area contributed by atoms with Gasteiger partial charge in [-0.3, -0.25) is 29.2 Å². The largest absolute Gasteiger partial charge is 0.481 e. The maximum absolute atomic E-state index is 10.2. The fraction of sp³-hybridized carbons (Fsp3) is 0.611. The summed E-state index contributed by atoms with van der Waals surface area (Å²) in [6.45, 7) is 0.916. The van der Waals surface area contributed by atoms with E-state index in [2.05, 4.69) is 9.98 Å². The average molecular weight is 509 g/mol. The maximum Gasteiger partial charge on any atom is 0.372 e. The van der Waals surface area contributed by atoms with Gasteiger partial charge in [0.2, 0.25) is 5.78 Å². The molecule has 0 radical (unpaired) electrons. The molecule has 0 aromatic rings. The van der Waals surface area contributed by atoms with Crippen LogP contribution in [0.25, 0.3) is 0 Å². The first-order valence-electron chi connectivity index (χ1n) is 10.1. The summed E-state index contributed by atoms with van der Waals surface area (Å²) in [5.74, 6) is -5.64. The Bertz CT molecular complexity index is 735. The minimum atomic E-state index is -1.58. The number of guanidine groups is 2. The normalized spacial score (nSPS) is 11.1. The van der Waals surface area contributed by atoms with Crippen LogP contribution in [0.1, 0.15) is 44.9 Å². The van der Waals surface area contributed by atoms with Crippen LogP contribution in [-0.2, 0) is 24.0 Å². The number of carbonyl (C=O) groups excluding carboxylic acids is 1. The average Bonchev–Trinajstić information content (AvgIpc) is 2.72. The molecule has 17 nitrogen and oxygen atoms in total. The molecule has 0 aromatic heterocycles. The van der Waals surface area contributed by atoms with Crippen molar-refractivity contribution in [2.45, 2.75) is 57.0 Å². The number of nitrogens with zero attached hydrogens (tertiary/aromatic N) is 2. The molecule has 0 heterocycles. The lowest BCUT2D eigenvalue weighted by Gasteiger charge is -2.06. The van der Waals surface area contributed by atoms with E-state index in [1.807, 2.05) is 0 Å². The Morgan fingerprint density at radius 3 is 1.49 bits per heavy atom. The Morgan fingerprint density at radius 2 is 1.14 bits per heavy atom. The van der Waals surface area contributed by atoms with Crippen LogP contribution in [0.5, 0.6) is 0 Å². The highest BCUT2D eigenvalue weighted by molar-refractivity contribution is 6.32. The number of carbonyl (C=O) groups is 5. The summed E-state index contributed by atoms with van der Waals surface area (Å²) < 4.78 is 0. The number of rotatable bonds is 15. The summed E-state index contributed by atoms with van der Waals surface area (Å²) in [5, 5.41) is 32.7. The van der Waals surface area contributed by atoms with Crippen LogP contribution in [0.3, 0.4) is 0 Å². The standard InChI is InChI=1S/C7H16N4O2.C6H14N4O2.C5H6O5/c8-5(4-6(12)13)2-1-3-11-7(9)10;7-4(5(11)12)2-1-3-10-6(8)9;6-3(5(9)10)1-2-4(7)8/h5H,1-4,8H2,(H,12,13)(H4,9,10,11);4H,1-3,7H2,(H,11,12)(H4,8,9,10);1-2H2,(H,7,8)(H,9,10). The highest BCUT2D eigenvalue weighted by Gasteiger charge is 2.12. The first-order valence-corrected chi connectivity index (χ1v) is 10.1. The van der Waals surface area contributed by atoms with E-state index in [0.717, 1.165) is 0 Å². The van der Waals surface area contributed by atoms with Crippen LogP contribution in [0.4, 0.5) is 0 Å². The van der Waals surface area contributed by atoms with E-state index in [0.29, 0.717) is 38.8 Å². The number of carboxylic acids is 4. The molecule has 0 bridgehead atoms. The minimum Gasteiger partial charge on any atom is -0.481 e. The lowest BCUT2D eigenvalue weighted by molar-refractivity contribution is -0.149. The van der Waals surface area contributed by atoms with Crippen LogP contribution in [0, 0.1) is 0 Å². The number of aliphatic carboxylic acids is 4. The molecular formula is C18H36N8O9. The fourth-order valence-corrected chi connectivity index (χ4v) is 1.86. The van der Waals surface area contributed by atoms with Crippen molar-refractivity contribution in [3.05, 3.63) is 0 Å².